The van der Waals surface area contributed by atoms with Gasteiger partial charge >= 0.3 is 39.5 Å². The molecule has 83 heavy (non-hydrogen) atoms. The third-order valence-electron chi connectivity index (χ3n) is 15.7. The van der Waals surface area contributed by atoms with Crippen LogP contribution in [0.4, 0.5) is 0 Å². The van der Waals surface area contributed by atoms with E-state index in [1.807, 2.05) is 0 Å². The molecule has 3 N–H and O–H groups in total. The molecule has 0 amide bonds. The molecule has 0 saturated heterocycles. The second kappa shape index (κ2) is 55.4. The third kappa shape index (κ3) is 55.1. The molecule has 0 aromatic carbocycles. The molecule has 0 saturated carbocycles. The lowest BCUT2D eigenvalue weighted by Crippen LogP contribution is -2.30. The molecule has 8 atom stereocenters. The van der Waals surface area contributed by atoms with E-state index in [-0.39, 0.29) is 25.7 Å². The van der Waals surface area contributed by atoms with Crippen molar-refractivity contribution in [1.82, 2.24) is 0 Å². The Kier molecular flexibility index (Phi) is 54.1. The molecule has 5 unspecified atom stereocenters. The van der Waals surface area contributed by atoms with Crippen LogP contribution < -0.4 is 0 Å². The van der Waals surface area contributed by atoms with E-state index >= 15 is 0 Å². The zero-order valence-corrected chi connectivity index (χ0v) is 55.4. The van der Waals surface area contributed by atoms with E-state index < -0.39 is 97.5 Å². The number of unbranched alkanes of at least 4 members (excludes halogenated alkanes) is 27. The summed E-state index contributed by atoms with van der Waals surface area (Å²) in [5.41, 5.74) is 0. The predicted molar refractivity (Wildman–Crippen MR) is 331 cm³/mol. The van der Waals surface area contributed by atoms with Crippen molar-refractivity contribution in [3.63, 3.8) is 0 Å². The van der Waals surface area contributed by atoms with Gasteiger partial charge in [0.1, 0.15) is 19.3 Å². The summed E-state index contributed by atoms with van der Waals surface area (Å²) in [5, 5.41) is 10.5. The second-order valence-corrected chi connectivity index (χ2v) is 26.8. The highest BCUT2D eigenvalue weighted by Crippen LogP contribution is 2.45. The minimum absolute atomic E-state index is 0.104. The summed E-state index contributed by atoms with van der Waals surface area (Å²) in [4.78, 5) is 72.0. The summed E-state index contributed by atoms with van der Waals surface area (Å²) in [6.45, 7) is 11.7. The molecule has 0 radical (unpaired) electrons. The molecule has 492 valence electrons. The van der Waals surface area contributed by atoms with Crippen molar-refractivity contribution in [3.8, 4) is 0 Å². The van der Waals surface area contributed by atoms with Crippen LogP contribution >= 0.6 is 15.6 Å². The Balaban J connectivity index is 5.20. The Hall–Kier alpha value is -1.94. The highest BCUT2D eigenvalue weighted by Gasteiger charge is 2.30. The molecule has 0 aromatic heterocycles. The quantitative estimate of drug-likeness (QED) is 0.0222. The monoisotopic (exact) mass is 1230 g/mol. The Morgan fingerprint density at radius 3 is 0.855 bits per heavy atom. The lowest BCUT2D eigenvalue weighted by molar-refractivity contribution is -0.161. The normalized spacial score (nSPS) is 15.3. The molecule has 19 heteroatoms. The molecule has 0 rings (SSSR count). The van der Waals surface area contributed by atoms with Crippen LogP contribution in [0.15, 0.2) is 0 Å². The molecule has 0 aliphatic heterocycles. The standard InChI is InChI=1S/C64H124O17P2/c1-8-12-13-28-38-45-61(66)74-51-59(80-64(69)48-41-34-27-21-19-24-31-37-44-57(7)11-4)53-78-82(70,71)76-49-58(65)50-77-83(72,73)79-54-60(52-75-62(67)46-39-32-25-20-18-23-30-36-43-56(6)10-3)81-63(68)47-40-33-26-17-15-14-16-22-29-35-42-55(5)9-2/h55-60,65H,8-54H2,1-7H3,(H,70,71)(H,72,73)/t55?,56?,57?,58-,59+,60+/m0/s1. The molecular formula is C64H124O17P2. The minimum Gasteiger partial charge on any atom is -0.462 e. The van der Waals surface area contributed by atoms with Gasteiger partial charge in [0.2, 0.25) is 0 Å². The lowest BCUT2D eigenvalue weighted by atomic mass is 9.99. The van der Waals surface area contributed by atoms with Crippen molar-refractivity contribution < 1.29 is 80.2 Å². The number of aliphatic hydroxyl groups excluding tert-OH is 1. The van der Waals surface area contributed by atoms with E-state index in [0.29, 0.717) is 25.7 Å². The van der Waals surface area contributed by atoms with Gasteiger partial charge in [-0.1, -0.05) is 260 Å². The summed E-state index contributed by atoms with van der Waals surface area (Å²) in [5.74, 6) is 0.203. The molecule has 0 aliphatic carbocycles. The van der Waals surface area contributed by atoms with Gasteiger partial charge in [0.15, 0.2) is 12.2 Å². The van der Waals surface area contributed by atoms with Crippen LogP contribution in [-0.2, 0) is 65.4 Å². The van der Waals surface area contributed by atoms with Crippen molar-refractivity contribution in [3.05, 3.63) is 0 Å². The fourth-order valence-electron chi connectivity index (χ4n) is 9.38. The lowest BCUT2D eigenvalue weighted by Gasteiger charge is -2.21. The molecule has 0 aliphatic rings. The van der Waals surface area contributed by atoms with Gasteiger partial charge in [0, 0.05) is 25.7 Å². The maximum absolute atomic E-state index is 13.0. The highest BCUT2D eigenvalue weighted by molar-refractivity contribution is 7.47. The molecule has 0 heterocycles. The van der Waals surface area contributed by atoms with E-state index in [4.69, 9.17) is 37.0 Å². The first-order chi connectivity index (χ1) is 39.8. The summed E-state index contributed by atoms with van der Waals surface area (Å²) >= 11 is 0. The summed E-state index contributed by atoms with van der Waals surface area (Å²) < 4.78 is 67.8. The number of esters is 4. The smallest absolute Gasteiger partial charge is 0.462 e. The predicted octanol–water partition coefficient (Wildman–Crippen LogP) is 17.5. The highest BCUT2D eigenvalue weighted by atomic mass is 31.2. The van der Waals surface area contributed by atoms with Gasteiger partial charge < -0.3 is 33.8 Å². The second-order valence-electron chi connectivity index (χ2n) is 23.9. The van der Waals surface area contributed by atoms with E-state index in [1.165, 1.54) is 116 Å². The van der Waals surface area contributed by atoms with Crippen molar-refractivity contribution in [2.75, 3.05) is 39.6 Å². The van der Waals surface area contributed by atoms with Crippen LogP contribution in [0.2, 0.25) is 0 Å². The Morgan fingerprint density at radius 1 is 0.337 bits per heavy atom. The zero-order valence-electron chi connectivity index (χ0n) is 53.6. The SMILES string of the molecule is CCCCCCCC(=O)OC[C@H](COP(=O)(O)OC[C@H](O)COP(=O)(O)OC[C@@H](COC(=O)CCCCCCCCCCC(C)CC)OC(=O)CCCCCCCCCCCCC(C)CC)OC(=O)CCCCCCCCCCC(C)CC. The van der Waals surface area contributed by atoms with Gasteiger partial charge in [-0.3, -0.25) is 37.3 Å². The third-order valence-corrected chi connectivity index (χ3v) is 17.6. The van der Waals surface area contributed by atoms with E-state index in [2.05, 4.69) is 48.5 Å². The summed E-state index contributed by atoms with van der Waals surface area (Å²) in [7, 11) is -9.88. The molecule has 0 bridgehead atoms. The molecular weight excluding hydrogens is 1100 g/mol. The number of phosphoric acid groups is 2. The molecule has 0 fully saturated rings. The van der Waals surface area contributed by atoms with Crippen LogP contribution in [0.1, 0.15) is 312 Å². The number of hydrogen-bond acceptors (Lipinski definition) is 15. The van der Waals surface area contributed by atoms with Crippen LogP contribution in [0, 0.1) is 17.8 Å². The average molecular weight is 1230 g/mol. The number of phosphoric ester groups is 2. The van der Waals surface area contributed by atoms with Crippen molar-refractivity contribution in [2.24, 2.45) is 17.8 Å². The number of ether oxygens (including phenoxy) is 4. The topological polar surface area (TPSA) is 237 Å². The minimum atomic E-state index is -4.94. The number of carbonyl (C=O) groups is 4. The molecule has 0 aromatic rings. The summed E-state index contributed by atoms with van der Waals surface area (Å²) in [6, 6.07) is 0. The maximum atomic E-state index is 13.0. The van der Waals surface area contributed by atoms with Gasteiger partial charge in [0.05, 0.1) is 26.4 Å². The molecule has 0 spiro atoms. The van der Waals surface area contributed by atoms with Crippen molar-refractivity contribution in [1.29, 1.82) is 0 Å². The van der Waals surface area contributed by atoms with E-state index in [9.17, 15) is 43.2 Å². The maximum Gasteiger partial charge on any atom is 0.472 e. The number of aliphatic hydroxyl groups is 1. The Bertz CT molecular complexity index is 1650. The van der Waals surface area contributed by atoms with Gasteiger partial charge in [-0.15, -0.1) is 0 Å². The first-order valence-electron chi connectivity index (χ1n) is 33.5. The van der Waals surface area contributed by atoms with E-state index in [0.717, 1.165) is 114 Å². The van der Waals surface area contributed by atoms with Crippen molar-refractivity contribution >= 4 is 39.5 Å². The first kappa shape index (κ1) is 81.1. The number of rotatable bonds is 62. The van der Waals surface area contributed by atoms with Crippen LogP contribution in [0.3, 0.4) is 0 Å². The average Bonchev–Trinajstić information content (AvgIpc) is 3.50. The van der Waals surface area contributed by atoms with Crippen molar-refractivity contribution in [2.45, 2.75) is 330 Å². The first-order valence-corrected chi connectivity index (χ1v) is 36.5. The van der Waals surface area contributed by atoms with Crippen LogP contribution in [-0.4, -0.2) is 96.7 Å². The Morgan fingerprint density at radius 2 is 0.578 bits per heavy atom. The fourth-order valence-corrected chi connectivity index (χ4v) is 11.0. The summed E-state index contributed by atoms with van der Waals surface area (Å²) in [6.07, 6.45) is 36.3. The van der Waals surface area contributed by atoms with Gasteiger partial charge in [0.25, 0.3) is 0 Å². The fraction of sp³-hybridized carbons (Fsp3) is 0.938. The number of carbonyl (C=O) groups excluding carboxylic acids is 4. The van der Waals surface area contributed by atoms with Crippen LogP contribution in [0.5, 0.6) is 0 Å². The Labute approximate surface area is 505 Å². The van der Waals surface area contributed by atoms with Crippen LogP contribution in [0.25, 0.3) is 0 Å². The van der Waals surface area contributed by atoms with Gasteiger partial charge in [-0.05, 0) is 43.4 Å². The molecule has 17 nitrogen and oxygen atoms in total. The zero-order chi connectivity index (χ0) is 61.7. The largest absolute Gasteiger partial charge is 0.472 e. The number of hydrogen-bond donors (Lipinski definition) is 3. The van der Waals surface area contributed by atoms with Gasteiger partial charge in [-0.2, -0.15) is 0 Å². The van der Waals surface area contributed by atoms with Gasteiger partial charge in [-0.25, -0.2) is 9.13 Å². The van der Waals surface area contributed by atoms with E-state index in [1.54, 1.807) is 0 Å².